The lowest BCUT2D eigenvalue weighted by Crippen LogP contribution is -2.29. The Bertz CT molecular complexity index is 1430. The number of anilines is 1. The van der Waals surface area contributed by atoms with Crippen LogP contribution in [0.5, 0.6) is 0 Å². The summed E-state index contributed by atoms with van der Waals surface area (Å²) < 4.78 is 3.10. The zero-order valence-electron chi connectivity index (χ0n) is 18.7. The first-order valence-corrected chi connectivity index (χ1v) is 10.9. The van der Waals surface area contributed by atoms with Crippen LogP contribution in [0.2, 0.25) is 5.02 Å². The molecule has 0 radical (unpaired) electrons. The predicted octanol–water partition coefficient (Wildman–Crippen LogP) is 4.50. The number of hydrogen-bond acceptors (Lipinski definition) is 4. The van der Waals surface area contributed by atoms with Crippen LogP contribution in [0.4, 0.5) is 5.69 Å². The normalized spacial score (nSPS) is 11.0. The van der Waals surface area contributed by atoms with Crippen LogP contribution in [-0.4, -0.2) is 25.1 Å². The number of halogens is 1. The van der Waals surface area contributed by atoms with E-state index in [-0.39, 0.29) is 17.9 Å². The van der Waals surface area contributed by atoms with Crippen molar-refractivity contribution in [3.8, 4) is 11.4 Å². The summed E-state index contributed by atoms with van der Waals surface area (Å²) in [7, 11) is 0. The number of carbonyl (C=O) groups excluding carboxylic acids is 1. The van der Waals surface area contributed by atoms with Gasteiger partial charge in [0.25, 0.3) is 5.56 Å². The molecule has 4 aromatic rings. The van der Waals surface area contributed by atoms with Crippen molar-refractivity contribution in [2.45, 2.75) is 33.7 Å². The Balaban J connectivity index is 1.75. The molecule has 0 aliphatic rings. The van der Waals surface area contributed by atoms with E-state index in [2.05, 4.69) is 22.0 Å². The van der Waals surface area contributed by atoms with Crippen LogP contribution in [0.25, 0.3) is 17.2 Å². The van der Waals surface area contributed by atoms with Crippen molar-refractivity contribution in [3.05, 3.63) is 92.9 Å². The fraction of sp³-hybridized carbons (Fsp3) is 0.200. The van der Waals surface area contributed by atoms with Crippen molar-refractivity contribution in [2.24, 2.45) is 0 Å². The van der Waals surface area contributed by atoms with Gasteiger partial charge in [-0.05, 0) is 38.5 Å². The molecule has 0 aliphatic carbocycles. The number of amides is 1. The first kappa shape index (κ1) is 22.5. The van der Waals surface area contributed by atoms with Gasteiger partial charge in [-0.2, -0.15) is 9.50 Å². The number of allylic oxidation sites excluding steroid dienone is 1. The Hall–Kier alpha value is -3.71. The quantitative estimate of drug-likeness (QED) is 0.428. The number of fused-ring (bicyclic) bond motifs is 1. The van der Waals surface area contributed by atoms with Crippen molar-refractivity contribution in [3.63, 3.8) is 0 Å². The van der Waals surface area contributed by atoms with Gasteiger partial charge in [0.1, 0.15) is 0 Å². The first-order chi connectivity index (χ1) is 15.8. The van der Waals surface area contributed by atoms with Gasteiger partial charge < -0.3 is 9.88 Å². The standard InChI is InChI=1S/C25H24ClN5O2/c1-5-12-30-17(4)20(14-22(32)27-19-11-8-16(3)21(26)13-19)24(33)31-25(30)28-23(29-31)18-9-6-15(2)7-10-18/h5-11,13H,1,12,14H2,2-4H3,(H,27,32). The van der Waals surface area contributed by atoms with Gasteiger partial charge in [-0.3, -0.25) is 9.59 Å². The van der Waals surface area contributed by atoms with Crippen LogP contribution in [0.15, 0.2) is 59.9 Å². The van der Waals surface area contributed by atoms with E-state index in [9.17, 15) is 9.59 Å². The van der Waals surface area contributed by atoms with E-state index in [1.54, 1.807) is 25.1 Å². The van der Waals surface area contributed by atoms with Gasteiger partial charge in [0.05, 0.1) is 6.42 Å². The van der Waals surface area contributed by atoms with Gasteiger partial charge in [-0.1, -0.05) is 53.6 Å². The monoisotopic (exact) mass is 461 g/mol. The summed E-state index contributed by atoms with van der Waals surface area (Å²) in [6.45, 7) is 9.92. The van der Waals surface area contributed by atoms with Crippen LogP contribution < -0.4 is 10.9 Å². The predicted molar refractivity (Wildman–Crippen MR) is 131 cm³/mol. The summed E-state index contributed by atoms with van der Waals surface area (Å²) in [6, 6.07) is 13.1. The topological polar surface area (TPSA) is 81.3 Å². The van der Waals surface area contributed by atoms with Crippen molar-refractivity contribution < 1.29 is 4.79 Å². The summed E-state index contributed by atoms with van der Waals surface area (Å²) >= 11 is 6.16. The number of benzene rings is 2. The van der Waals surface area contributed by atoms with Gasteiger partial charge in [-0.15, -0.1) is 11.7 Å². The highest BCUT2D eigenvalue weighted by molar-refractivity contribution is 6.31. The van der Waals surface area contributed by atoms with E-state index in [1.165, 1.54) is 4.52 Å². The minimum atomic E-state index is -0.370. The third kappa shape index (κ3) is 4.45. The lowest BCUT2D eigenvalue weighted by Gasteiger charge is -2.14. The molecule has 2 heterocycles. The number of aryl methyl sites for hydroxylation is 2. The number of hydrogen-bond donors (Lipinski definition) is 1. The van der Waals surface area contributed by atoms with Gasteiger partial charge in [0, 0.05) is 34.1 Å². The first-order valence-electron chi connectivity index (χ1n) is 10.5. The average molecular weight is 462 g/mol. The van der Waals surface area contributed by atoms with Crippen LogP contribution >= 0.6 is 11.6 Å². The molecular formula is C25H24ClN5O2. The molecule has 0 aliphatic heterocycles. The second kappa shape index (κ2) is 9.03. The Morgan fingerprint density at radius 1 is 1.15 bits per heavy atom. The summed E-state index contributed by atoms with van der Waals surface area (Å²) in [5.41, 5.74) is 4.04. The molecule has 1 amide bonds. The van der Waals surface area contributed by atoms with E-state index >= 15 is 0 Å². The molecule has 2 aromatic carbocycles. The third-order valence-electron chi connectivity index (χ3n) is 5.54. The van der Waals surface area contributed by atoms with Crippen LogP contribution in [0, 0.1) is 20.8 Å². The number of nitrogens with zero attached hydrogens (tertiary/aromatic N) is 4. The Kier molecular flexibility index (Phi) is 6.16. The lowest BCUT2D eigenvalue weighted by atomic mass is 10.1. The molecule has 0 fully saturated rings. The van der Waals surface area contributed by atoms with Crippen LogP contribution in [0.1, 0.15) is 22.4 Å². The van der Waals surface area contributed by atoms with E-state index < -0.39 is 0 Å². The lowest BCUT2D eigenvalue weighted by molar-refractivity contribution is -0.115. The minimum absolute atomic E-state index is 0.108. The zero-order chi connectivity index (χ0) is 23.7. The van der Waals surface area contributed by atoms with Crippen LogP contribution in [0.3, 0.4) is 0 Å². The molecule has 0 saturated carbocycles. The van der Waals surface area contributed by atoms with Gasteiger partial charge in [-0.25, -0.2) is 0 Å². The highest BCUT2D eigenvalue weighted by atomic mass is 35.5. The molecule has 8 heteroatoms. The molecule has 168 valence electrons. The second-order valence-corrected chi connectivity index (χ2v) is 8.38. The highest BCUT2D eigenvalue weighted by Crippen LogP contribution is 2.21. The van der Waals surface area contributed by atoms with Gasteiger partial charge in [0.15, 0.2) is 5.82 Å². The van der Waals surface area contributed by atoms with E-state index in [1.807, 2.05) is 48.7 Å². The number of carbonyl (C=O) groups is 1. The maximum absolute atomic E-state index is 13.3. The summed E-state index contributed by atoms with van der Waals surface area (Å²) in [4.78, 5) is 30.7. The molecular weight excluding hydrogens is 438 g/mol. The smallest absolute Gasteiger partial charge is 0.279 e. The van der Waals surface area contributed by atoms with Crippen molar-refractivity contribution in [1.29, 1.82) is 0 Å². The molecule has 4 rings (SSSR count). The molecule has 33 heavy (non-hydrogen) atoms. The maximum atomic E-state index is 13.3. The molecule has 0 unspecified atom stereocenters. The maximum Gasteiger partial charge on any atom is 0.279 e. The highest BCUT2D eigenvalue weighted by Gasteiger charge is 2.20. The second-order valence-electron chi connectivity index (χ2n) is 7.97. The molecule has 1 N–H and O–H groups in total. The third-order valence-corrected chi connectivity index (χ3v) is 5.95. The Morgan fingerprint density at radius 3 is 2.55 bits per heavy atom. The van der Waals surface area contributed by atoms with Gasteiger partial charge >= 0.3 is 0 Å². The molecule has 0 bridgehead atoms. The molecule has 2 aromatic heterocycles. The molecule has 0 saturated heterocycles. The fourth-order valence-electron chi connectivity index (χ4n) is 3.62. The Morgan fingerprint density at radius 2 is 1.88 bits per heavy atom. The van der Waals surface area contributed by atoms with E-state index in [0.717, 1.165) is 16.7 Å². The zero-order valence-corrected chi connectivity index (χ0v) is 19.5. The van der Waals surface area contributed by atoms with E-state index in [0.29, 0.717) is 40.1 Å². The number of nitrogens with one attached hydrogen (secondary N) is 1. The molecule has 7 nitrogen and oxygen atoms in total. The summed E-state index contributed by atoms with van der Waals surface area (Å²) in [5.74, 6) is 0.529. The number of rotatable bonds is 6. The average Bonchev–Trinajstić information content (AvgIpc) is 3.23. The van der Waals surface area contributed by atoms with Crippen molar-refractivity contribution in [1.82, 2.24) is 19.2 Å². The minimum Gasteiger partial charge on any atom is -0.326 e. The van der Waals surface area contributed by atoms with Crippen molar-refractivity contribution in [2.75, 3.05) is 5.32 Å². The van der Waals surface area contributed by atoms with Crippen molar-refractivity contribution >= 4 is 29.0 Å². The molecule has 0 atom stereocenters. The largest absolute Gasteiger partial charge is 0.326 e. The number of aromatic nitrogens is 4. The summed E-state index contributed by atoms with van der Waals surface area (Å²) in [5, 5.41) is 7.83. The summed E-state index contributed by atoms with van der Waals surface area (Å²) in [6.07, 6.45) is 1.61. The fourth-order valence-corrected chi connectivity index (χ4v) is 3.80. The SMILES string of the molecule is C=CCn1c(C)c(CC(=O)Nc2ccc(C)c(Cl)c2)c(=O)n2nc(-c3ccc(C)cc3)nc12. The Labute approximate surface area is 196 Å². The van der Waals surface area contributed by atoms with E-state index in [4.69, 9.17) is 11.6 Å². The van der Waals surface area contributed by atoms with Gasteiger partial charge in [0.2, 0.25) is 11.7 Å². The molecule has 0 spiro atoms. The van der Waals surface area contributed by atoms with Crippen LogP contribution in [-0.2, 0) is 17.8 Å².